The minimum atomic E-state index is -0.545. The summed E-state index contributed by atoms with van der Waals surface area (Å²) in [4.78, 5) is 2.55. The second kappa shape index (κ2) is 17.1. The maximum absolute atomic E-state index is 2.55. The van der Waals surface area contributed by atoms with Gasteiger partial charge < -0.3 is 4.90 Å². The summed E-state index contributed by atoms with van der Waals surface area (Å²) in [5.41, 5.74) is 24.4. The summed E-state index contributed by atoms with van der Waals surface area (Å²) in [6.45, 7) is 11.5. The predicted molar refractivity (Wildman–Crippen MR) is 309 cm³/mol. The molecule has 0 radical (unpaired) electrons. The Balaban J connectivity index is 1.02. The van der Waals surface area contributed by atoms with Crippen LogP contribution in [0.4, 0.5) is 17.1 Å². The Morgan fingerprint density at radius 3 is 1.53 bits per heavy atom. The first-order valence-electron chi connectivity index (χ1n) is 25.8. The van der Waals surface area contributed by atoms with E-state index >= 15 is 0 Å². The van der Waals surface area contributed by atoms with E-state index in [0.717, 1.165) is 17.1 Å². The van der Waals surface area contributed by atoms with E-state index in [2.05, 4.69) is 294 Å². The second-order valence-electron chi connectivity index (χ2n) is 21.6. The average molecular weight is 936 g/mol. The van der Waals surface area contributed by atoms with E-state index in [0.29, 0.717) is 0 Å². The monoisotopic (exact) mass is 935 g/mol. The molecule has 73 heavy (non-hydrogen) atoms. The molecule has 0 aromatic heterocycles. The Kier molecular flexibility index (Phi) is 10.4. The molecule has 0 unspecified atom stereocenters. The number of fused-ring (bicyclic) bond motifs is 7. The fourth-order valence-electron chi connectivity index (χ4n) is 12.5. The number of hydrogen-bond donors (Lipinski definition) is 0. The van der Waals surface area contributed by atoms with Crippen molar-refractivity contribution in [3.05, 3.63) is 294 Å². The third-order valence-corrected chi connectivity index (χ3v) is 16.1. The topological polar surface area (TPSA) is 3.24 Å². The van der Waals surface area contributed by atoms with Gasteiger partial charge in [-0.2, -0.15) is 0 Å². The van der Waals surface area contributed by atoms with E-state index in [1.807, 2.05) is 0 Å². The first-order valence-corrected chi connectivity index (χ1v) is 25.8. The van der Waals surface area contributed by atoms with Gasteiger partial charge in [-0.3, -0.25) is 0 Å². The van der Waals surface area contributed by atoms with Crippen molar-refractivity contribution in [1.29, 1.82) is 0 Å². The van der Waals surface area contributed by atoms with Crippen LogP contribution in [0.15, 0.2) is 255 Å². The van der Waals surface area contributed by atoms with Crippen molar-refractivity contribution < 1.29 is 0 Å². The molecule has 0 atom stereocenters. The van der Waals surface area contributed by atoms with Gasteiger partial charge in [-0.25, -0.2) is 0 Å². The highest BCUT2D eigenvalue weighted by molar-refractivity contribution is 6.07. The molecule has 0 amide bonds. The highest BCUT2D eigenvalue weighted by atomic mass is 15.1. The van der Waals surface area contributed by atoms with Gasteiger partial charge in [-0.1, -0.05) is 259 Å². The van der Waals surface area contributed by atoms with Crippen LogP contribution in [0.3, 0.4) is 0 Å². The summed E-state index contributed by atoms with van der Waals surface area (Å²) in [5, 5.41) is 2.41. The molecule has 0 fully saturated rings. The maximum atomic E-state index is 2.55. The van der Waals surface area contributed by atoms with Crippen LogP contribution in [0, 0.1) is 0 Å². The van der Waals surface area contributed by atoms with Gasteiger partial charge in [0, 0.05) is 22.2 Å². The Morgan fingerprint density at radius 1 is 0.342 bits per heavy atom. The van der Waals surface area contributed by atoms with Gasteiger partial charge in [0.1, 0.15) is 0 Å². The molecule has 13 rings (SSSR count). The standard InChI is InChI=1S/C72H57N/c1-70(2,3)54-41-35-48(36-42-54)49-37-43-57(44-38-49)73(66-30-18-29-64-69(66)61-26-15-17-28-63(61)72(64,55-20-8-6-9-21-55)56-22-10-7-11-23-56)67-46-40-51-19-12-13-24-58(51)68(67)52-33-31-50(32-34-52)53-39-45-60-59-25-14-16-27-62(59)71(4,5)65(60)47-53/h6-47H,1-5H3. The van der Waals surface area contributed by atoms with Crippen LogP contribution in [0.5, 0.6) is 0 Å². The van der Waals surface area contributed by atoms with Gasteiger partial charge in [0.15, 0.2) is 0 Å². The van der Waals surface area contributed by atoms with E-state index in [4.69, 9.17) is 0 Å². The molecule has 1 heteroatoms. The predicted octanol–water partition coefficient (Wildman–Crippen LogP) is 19.3. The molecule has 1 nitrogen and oxygen atoms in total. The normalized spacial score (nSPS) is 13.8. The lowest BCUT2D eigenvalue weighted by atomic mass is 9.68. The van der Waals surface area contributed by atoms with Crippen LogP contribution < -0.4 is 4.90 Å². The molecular formula is C72H57N. The molecule has 0 heterocycles. The maximum Gasteiger partial charge on any atom is 0.0714 e. The third kappa shape index (κ3) is 7.05. The Labute approximate surface area is 430 Å². The van der Waals surface area contributed by atoms with E-state index < -0.39 is 5.41 Å². The lowest BCUT2D eigenvalue weighted by molar-refractivity contribution is 0.590. The SMILES string of the molecule is CC(C)(C)c1ccc(-c2ccc(N(c3cccc4c3-c3ccccc3C4(c3ccccc3)c3ccccc3)c3ccc4ccccc4c3-c3ccc(-c4ccc5c(c4)C(C)(C)c4ccccc4-5)cc3)cc2)cc1. The van der Waals surface area contributed by atoms with Crippen LogP contribution in [0.1, 0.15) is 73.6 Å². The number of hydrogen-bond acceptors (Lipinski definition) is 1. The van der Waals surface area contributed by atoms with Crippen molar-refractivity contribution >= 4 is 27.8 Å². The van der Waals surface area contributed by atoms with E-state index in [-0.39, 0.29) is 10.8 Å². The van der Waals surface area contributed by atoms with E-state index in [1.165, 1.54) is 105 Å². The van der Waals surface area contributed by atoms with Crippen LogP contribution >= 0.6 is 0 Å². The summed E-state index contributed by atoms with van der Waals surface area (Å²) < 4.78 is 0. The summed E-state index contributed by atoms with van der Waals surface area (Å²) in [6, 6.07) is 95.6. The first-order chi connectivity index (χ1) is 35.6. The van der Waals surface area contributed by atoms with Crippen LogP contribution in [-0.4, -0.2) is 0 Å². The van der Waals surface area contributed by atoms with Gasteiger partial charge in [0.2, 0.25) is 0 Å². The minimum Gasteiger partial charge on any atom is -0.309 e. The Bertz CT molecular complexity index is 3830. The largest absolute Gasteiger partial charge is 0.309 e. The summed E-state index contributed by atoms with van der Waals surface area (Å²) >= 11 is 0. The lowest BCUT2D eigenvalue weighted by Gasteiger charge is -2.34. The molecule has 0 aliphatic heterocycles. The Morgan fingerprint density at radius 2 is 0.849 bits per heavy atom. The molecule has 0 spiro atoms. The molecule has 2 aliphatic rings. The van der Waals surface area contributed by atoms with Gasteiger partial charge in [0.05, 0.1) is 16.8 Å². The fraction of sp³-hybridized carbons (Fsp3) is 0.111. The molecule has 0 saturated carbocycles. The van der Waals surface area contributed by atoms with Gasteiger partial charge in [-0.15, -0.1) is 0 Å². The number of rotatable bonds is 8. The fourth-order valence-corrected chi connectivity index (χ4v) is 12.5. The molecule has 0 N–H and O–H groups in total. The molecule has 0 saturated heterocycles. The van der Waals surface area contributed by atoms with Crippen molar-refractivity contribution in [1.82, 2.24) is 0 Å². The summed E-state index contributed by atoms with van der Waals surface area (Å²) in [7, 11) is 0. The van der Waals surface area contributed by atoms with Gasteiger partial charge in [-0.05, 0) is 130 Å². The average Bonchev–Trinajstić information content (AvgIpc) is 3.87. The first kappa shape index (κ1) is 44.4. The molecule has 2 aliphatic carbocycles. The van der Waals surface area contributed by atoms with Gasteiger partial charge in [0.25, 0.3) is 0 Å². The van der Waals surface area contributed by atoms with Crippen LogP contribution in [0.25, 0.3) is 66.4 Å². The number of benzene rings is 11. The van der Waals surface area contributed by atoms with Crippen molar-refractivity contribution in [2.45, 2.75) is 50.9 Å². The zero-order valence-corrected chi connectivity index (χ0v) is 42.2. The zero-order chi connectivity index (χ0) is 49.5. The smallest absolute Gasteiger partial charge is 0.0714 e. The van der Waals surface area contributed by atoms with Crippen molar-refractivity contribution in [3.8, 4) is 55.6 Å². The van der Waals surface area contributed by atoms with Crippen LogP contribution in [-0.2, 0) is 16.2 Å². The highest BCUT2D eigenvalue weighted by Crippen LogP contribution is 2.60. The van der Waals surface area contributed by atoms with Crippen LogP contribution in [0.2, 0.25) is 0 Å². The molecule has 0 bridgehead atoms. The lowest BCUT2D eigenvalue weighted by Crippen LogP contribution is -2.28. The minimum absolute atomic E-state index is 0.0712. The van der Waals surface area contributed by atoms with Crippen molar-refractivity contribution in [2.24, 2.45) is 0 Å². The van der Waals surface area contributed by atoms with Crippen molar-refractivity contribution in [3.63, 3.8) is 0 Å². The zero-order valence-electron chi connectivity index (χ0n) is 42.2. The number of nitrogens with zero attached hydrogens (tertiary/aromatic N) is 1. The summed E-state index contributed by atoms with van der Waals surface area (Å²) in [6.07, 6.45) is 0. The quantitative estimate of drug-likeness (QED) is 0.147. The van der Waals surface area contributed by atoms with E-state index in [9.17, 15) is 0 Å². The molecule has 350 valence electrons. The van der Waals surface area contributed by atoms with Crippen molar-refractivity contribution in [2.75, 3.05) is 4.90 Å². The van der Waals surface area contributed by atoms with Gasteiger partial charge >= 0.3 is 0 Å². The van der Waals surface area contributed by atoms with E-state index in [1.54, 1.807) is 0 Å². The highest BCUT2D eigenvalue weighted by Gasteiger charge is 2.47. The number of anilines is 3. The molecular weight excluding hydrogens is 879 g/mol. The third-order valence-electron chi connectivity index (χ3n) is 16.1. The summed E-state index contributed by atoms with van der Waals surface area (Å²) in [5.74, 6) is 0. The molecule has 11 aromatic rings. The second-order valence-corrected chi connectivity index (χ2v) is 21.6. The molecule has 11 aromatic carbocycles. The Hall–Kier alpha value is -8.52.